The van der Waals surface area contributed by atoms with Crippen molar-refractivity contribution in [3.8, 4) is 5.69 Å². The number of rotatable bonds is 6. The van der Waals surface area contributed by atoms with Crippen LogP contribution in [0.1, 0.15) is 12.0 Å². The number of fused-ring (bicyclic) bond motifs is 1. The molecule has 1 saturated heterocycles. The molecule has 2 N–H and O–H groups in total. The number of aryl methyl sites for hydroxylation is 1. The summed E-state index contributed by atoms with van der Waals surface area (Å²) in [6, 6.07) is 8.28. The van der Waals surface area contributed by atoms with Gasteiger partial charge >= 0.3 is 0 Å². The summed E-state index contributed by atoms with van der Waals surface area (Å²) in [5, 5.41) is 8.92. The Labute approximate surface area is 153 Å². The van der Waals surface area contributed by atoms with E-state index >= 15 is 0 Å². The summed E-state index contributed by atoms with van der Waals surface area (Å²) < 4.78 is 7.27. The fourth-order valence-electron chi connectivity index (χ4n) is 3.32. The van der Waals surface area contributed by atoms with Crippen molar-refractivity contribution in [1.82, 2.24) is 19.7 Å². The minimum absolute atomic E-state index is 0.824. The highest BCUT2D eigenvalue weighted by molar-refractivity contribution is 5.87. The molecule has 0 amide bonds. The van der Waals surface area contributed by atoms with Gasteiger partial charge in [-0.05, 0) is 19.1 Å². The van der Waals surface area contributed by atoms with E-state index in [1.54, 1.807) is 11.2 Å². The molecule has 1 aliphatic rings. The first kappa shape index (κ1) is 16.9. The Balaban J connectivity index is 1.44. The number of nitrogens with one attached hydrogen (secondary N) is 2. The molecule has 136 valence electrons. The van der Waals surface area contributed by atoms with Crippen LogP contribution in [0.15, 0.2) is 36.8 Å². The van der Waals surface area contributed by atoms with Crippen molar-refractivity contribution in [1.29, 1.82) is 0 Å². The second kappa shape index (κ2) is 7.80. The standard InChI is InChI=1S/C19H24N6O/c1-15-3-5-16(6-4-15)25-19-17(13-23-25)18(21-14-22-19)20-7-2-8-24-9-11-26-12-10-24/h3-6,13-14H,2,7-12H2,1H3,(H,20,21,22)/p+1. The second-order valence-electron chi connectivity index (χ2n) is 6.74. The van der Waals surface area contributed by atoms with Crippen molar-refractivity contribution in [2.24, 2.45) is 0 Å². The zero-order valence-corrected chi connectivity index (χ0v) is 15.1. The predicted molar refractivity (Wildman–Crippen MR) is 101 cm³/mol. The number of aromatic nitrogens is 4. The molecule has 0 unspecified atom stereocenters. The van der Waals surface area contributed by atoms with Gasteiger partial charge in [0.2, 0.25) is 0 Å². The van der Waals surface area contributed by atoms with Crippen molar-refractivity contribution in [3.05, 3.63) is 42.4 Å². The molecule has 7 nitrogen and oxygen atoms in total. The molecule has 26 heavy (non-hydrogen) atoms. The summed E-state index contributed by atoms with van der Waals surface area (Å²) in [4.78, 5) is 10.5. The van der Waals surface area contributed by atoms with Crippen LogP contribution in [-0.2, 0) is 4.74 Å². The lowest BCUT2D eigenvalue weighted by molar-refractivity contribution is -0.908. The maximum Gasteiger partial charge on any atom is 0.168 e. The molecule has 0 spiro atoms. The number of hydrogen-bond acceptors (Lipinski definition) is 5. The molecule has 3 aromatic rings. The number of anilines is 1. The van der Waals surface area contributed by atoms with Gasteiger partial charge in [-0.25, -0.2) is 14.6 Å². The third-order valence-corrected chi connectivity index (χ3v) is 4.84. The van der Waals surface area contributed by atoms with Gasteiger partial charge in [0.25, 0.3) is 0 Å². The monoisotopic (exact) mass is 353 g/mol. The van der Waals surface area contributed by atoms with E-state index in [1.807, 2.05) is 10.9 Å². The molecule has 3 heterocycles. The molecule has 0 atom stereocenters. The molecule has 1 aliphatic heterocycles. The van der Waals surface area contributed by atoms with E-state index in [0.717, 1.165) is 68.4 Å². The average Bonchev–Trinajstić information content (AvgIpc) is 3.12. The molecule has 0 saturated carbocycles. The van der Waals surface area contributed by atoms with Crippen LogP contribution in [0.3, 0.4) is 0 Å². The van der Waals surface area contributed by atoms with Gasteiger partial charge in [-0.15, -0.1) is 0 Å². The van der Waals surface area contributed by atoms with Crippen LogP contribution in [0.5, 0.6) is 0 Å². The predicted octanol–water partition coefficient (Wildman–Crippen LogP) is 0.841. The van der Waals surface area contributed by atoms with Crippen LogP contribution < -0.4 is 10.2 Å². The molecule has 1 fully saturated rings. The maximum atomic E-state index is 5.41. The van der Waals surface area contributed by atoms with E-state index in [1.165, 1.54) is 5.56 Å². The topological polar surface area (TPSA) is 69.3 Å². The van der Waals surface area contributed by atoms with Crippen molar-refractivity contribution in [2.75, 3.05) is 44.7 Å². The van der Waals surface area contributed by atoms with Gasteiger partial charge in [0, 0.05) is 13.0 Å². The first-order valence-electron chi connectivity index (χ1n) is 9.22. The van der Waals surface area contributed by atoms with Gasteiger partial charge in [-0.3, -0.25) is 0 Å². The van der Waals surface area contributed by atoms with E-state index in [9.17, 15) is 0 Å². The highest BCUT2D eigenvalue weighted by atomic mass is 16.5. The van der Waals surface area contributed by atoms with Gasteiger partial charge in [0.1, 0.15) is 25.2 Å². The lowest BCUT2D eigenvalue weighted by Crippen LogP contribution is -3.14. The summed E-state index contributed by atoms with van der Waals surface area (Å²) >= 11 is 0. The van der Waals surface area contributed by atoms with Crippen LogP contribution in [0, 0.1) is 6.92 Å². The molecule has 2 aromatic heterocycles. The van der Waals surface area contributed by atoms with E-state index in [-0.39, 0.29) is 0 Å². The second-order valence-corrected chi connectivity index (χ2v) is 6.74. The van der Waals surface area contributed by atoms with Gasteiger partial charge in [-0.2, -0.15) is 5.10 Å². The number of hydrogen-bond donors (Lipinski definition) is 2. The Kier molecular flexibility index (Phi) is 5.08. The van der Waals surface area contributed by atoms with Crippen LogP contribution in [0.25, 0.3) is 16.7 Å². The van der Waals surface area contributed by atoms with Gasteiger partial charge in [0.15, 0.2) is 5.65 Å². The smallest absolute Gasteiger partial charge is 0.168 e. The zero-order chi connectivity index (χ0) is 17.8. The zero-order valence-electron chi connectivity index (χ0n) is 15.1. The van der Waals surface area contributed by atoms with Crippen molar-refractivity contribution in [2.45, 2.75) is 13.3 Å². The highest BCUT2D eigenvalue weighted by Crippen LogP contribution is 2.21. The fraction of sp³-hybridized carbons (Fsp3) is 0.421. The average molecular weight is 353 g/mol. The third kappa shape index (κ3) is 3.68. The number of quaternary nitrogens is 1. The molecule has 0 bridgehead atoms. The van der Waals surface area contributed by atoms with Gasteiger partial charge < -0.3 is 15.0 Å². The maximum absolute atomic E-state index is 5.41. The first-order valence-corrected chi connectivity index (χ1v) is 9.22. The van der Waals surface area contributed by atoms with Crippen LogP contribution in [0.2, 0.25) is 0 Å². The van der Waals surface area contributed by atoms with Gasteiger partial charge in [-0.1, -0.05) is 17.7 Å². The summed E-state index contributed by atoms with van der Waals surface area (Å²) in [5.74, 6) is 0.852. The summed E-state index contributed by atoms with van der Waals surface area (Å²) in [5.41, 5.74) is 3.06. The number of ether oxygens (including phenoxy) is 1. The highest BCUT2D eigenvalue weighted by Gasteiger charge is 2.14. The molecule has 0 radical (unpaired) electrons. The first-order chi connectivity index (χ1) is 12.8. The molecule has 0 aliphatic carbocycles. The molecule has 4 rings (SSSR count). The summed E-state index contributed by atoms with van der Waals surface area (Å²) in [6.45, 7) is 8.12. The fourth-order valence-corrected chi connectivity index (χ4v) is 3.32. The van der Waals surface area contributed by atoms with Crippen LogP contribution >= 0.6 is 0 Å². The van der Waals surface area contributed by atoms with Crippen molar-refractivity contribution < 1.29 is 9.64 Å². The molecular weight excluding hydrogens is 328 g/mol. The van der Waals surface area contributed by atoms with E-state index < -0.39 is 0 Å². The SMILES string of the molecule is Cc1ccc(-n2ncc3c(NCCC[NH+]4CCOCC4)ncnc32)cc1. The largest absolute Gasteiger partial charge is 0.370 e. The Morgan fingerprint density at radius 1 is 1.15 bits per heavy atom. The number of benzene rings is 1. The Hall–Kier alpha value is -2.51. The Morgan fingerprint density at radius 3 is 2.77 bits per heavy atom. The van der Waals surface area contributed by atoms with Crippen molar-refractivity contribution >= 4 is 16.9 Å². The quantitative estimate of drug-likeness (QED) is 0.643. The van der Waals surface area contributed by atoms with E-state index in [4.69, 9.17) is 4.74 Å². The minimum atomic E-state index is 0.824. The third-order valence-electron chi connectivity index (χ3n) is 4.84. The van der Waals surface area contributed by atoms with Gasteiger partial charge in [0.05, 0.1) is 37.0 Å². The van der Waals surface area contributed by atoms with Crippen LogP contribution in [0.4, 0.5) is 5.82 Å². The number of nitrogens with zero attached hydrogens (tertiary/aromatic N) is 4. The summed E-state index contributed by atoms with van der Waals surface area (Å²) in [6.07, 6.45) is 4.54. The van der Waals surface area contributed by atoms with Crippen LogP contribution in [-0.4, -0.2) is 59.1 Å². The minimum Gasteiger partial charge on any atom is -0.370 e. The lowest BCUT2D eigenvalue weighted by atomic mass is 10.2. The Bertz CT molecular complexity index is 854. The summed E-state index contributed by atoms with van der Waals surface area (Å²) in [7, 11) is 0. The molecular formula is C19H25N6O+. The normalized spacial score (nSPS) is 15.4. The molecule has 7 heteroatoms. The molecule has 1 aromatic carbocycles. The van der Waals surface area contributed by atoms with E-state index in [2.05, 4.69) is 51.6 Å². The lowest BCUT2D eigenvalue weighted by Gasteiger charge is -2.23. The number of morpholine rings is 1. The van der Waals surface area contributed by atoms with Crippen molar-refractivity contribution in [3.63, 3.8) is 0 Å². The Morgan fingerprint density at radius 2 is 1.96 bits per heavy atom. The van der Waals surface area contributed by atoms with E-state index in [0.29, 0.717) is 0 Å².